The zero-order valence-corrected chi connectivity index (χ0v) is 15.8. The molecule has 0 aliphatic heterocycles. The Morgan fingerprint density at radius 3 is 2.89 bits per heavy atom. The van der Waals surface area contributed by atoms with Crippen LogP contribution in [0.1, 0.15) is 22.8 Å². The van der Waals surface area contributed by atoms with Gasteiger partial charge in [-0.15, -0.1) is 10.2 Å². The predicted octanol–water partition coefficient (Wildman–Crippen LogP) is 2.83. The van der Waals surface area contributed by atoms with E-state index in [-0.39, 0.29) is 12.2 Å². The summed E-state index contributed by atoms with van der Waals surface area (Å²) in [5, 5.41) is 10.7. The van der Waals surface area contributed by atoms with Gasteiger partial charge in [0, 0.05) is 11.8 Å². The second-order valence-electron chi connectivity index (χ2n) is 5.18. The molecule has 3 rings (SSSR count). The minimum atomic E-state index is -0.654. The van der Waals surface area contributed by atoms with Crippen molar-refractivity contribution in [1.29, 1.82) is 0 Å². The van der Waals surface area contributed by atoms with E-state index in [1.54, 1.807) is 18.2 Å². The summed E-state index contributed by atoms with van der Waals surface area (Å²) in [5.74, 6) is -0.213. The number of amides is 1. The summed E-state index contributed by atoms with van der Waals surface area (Å²) in [6, 6.07) is 8.96. The van der Waals surface area contributed by atoms with E-state index in [0.29, 0.717) is 10.7 Å². The first-order valence-corrected chi connectivity index (χ1v) is 9.74. The number of carbonyl (C=O) groups excluding carboxylic acids is 1. The topological polar surface area (TPSA) is 86.1 Å². The Labute approximate surface area is 162 Å². The molecule has 1 amide bonds. The molecule has 0 spiro atoms. The number of hydrogen-bond acceptors (Lipinski definition) is 7. The van der Waals surface area contributed by atoms with Crippen molar-refractivity contribution in [2.24, 2.45) is 0 Å². The predicted molar refractivity (Wildman–Crippen MR) is 102 cm³/mol. The van der Waals surface area contributed by atoms with E-state index in [9.17, 15) is 14.0 Å². The smallest absolute Gasteiger partial charge is 0.295 e. The molecule has 0 aliphatic rings. The Hall–Kier alpha value is -2.72. The van der Waals surface area contributed by atoms with E-state index in [4.69, 9.17) is 4.84 Å². The average molecular weight is 406 g/mol. The number of carbonyl (C=O) groups is 1. The average Bonchev–Trinajstić information content (AvgIpc) is 3.09. The number of aromatic nitrogens is 3. The van der Waals surface area contributed by atoms with E-state index in [1.807, 2.05) is 6.92 Å². The van der Waals surface area contributed by atoms with Crippen LogP contribution in [0.25, 0.3) is 0 Å². The number of halogens is 1. The van der Waals surface area contributed by atoms with Crippen LogP contribution in [0.4, 0.5) is 9.52 Å². The highest BCUT2D eigenvalue weighted by Crippen LogP contribution is 2.25. The maximum atomic E-state index is 13.7. The summed E-state index contributed by atoms with van der Waals surface area (Å²) in [4.78, 5) is 30.2. The SMILES string of the molecule is CCSc1nnc(NC(=O)c2cccn(OCc3ccccc3F)c2=O)s1. The summed E-state index contributed by atoms with van der Waals surface area (Å²) < 4.78 is 15.3. The standard InChI is InChI=1S/C17H15FN4O3S2/c1-2-26-17-21-20-16(27-17)19-14(23)12-7-5-9-22(15(12)24)25-10-11-6-3-4-8-13(11)18/h3-9H,2,10H2,1H3,(H,19,20,23). The molecule has 3 aromatic rings. The fraction of sp³-hybridized carbons (Fsp3) is 0.176. The van der Waals surface area contributed by atoms with Gasteiger partial charge in [-0.25, -0.2) is 4.39 Å². The fourth-order valence-corrected chi connectivity index (χ4v) is 3.75. The summed E-state index contributed by atoms with van der Waals surface area (Å²) in [6.07, 6.45) is 1.36. The van der Waals surface area contributed by atoms with Gasteiger partial charge in [0.25, 0.3) is 11.5 Å². The van der Waals surface area contributed by atoms with Gasteiger partial charge in [0.15, 0.2) is 4.34 Å². The van der Waals surface area contributed by atoms with E-state index in [1.165, 1.54) is 47.5 Å². The van der Waals surface area contributed by atoms with Gasteiger partial charge in [-0.05, 0) is 24.0 Å². The molecular weight excluding hydrogens is 391 g/mol. The third-order valence-corrected chi connectivity index (χ3v) is 5.23. The number of hydrogen-bond donors (Lipinski definition) is 1. The fourth-order valence-electron chi connectivity index (χ4n) is 2.11. The number of rotatable bonds is 7. The molecule has 0 saturated carbocycles. The van der Waals surface area contributed by atoms with Crippen molar-refractivity contribution >= 4 is 34.1 Å². The molecule has 0 unspecified atom stereocenters. The lowest BCUT2D eigenvalue weighted by atomic mass is 10.2. The van der Waals surface area contributed by atoms with Crippen LogP contribution in [-0.2, 0) is 6.61 Å². The second kappa shape index (κ2) is 8.78. The van der Waals surface area contributed by atoms with E-state index in [0.717, 1.165) is 14.8 Å². The van der Waals surface area contributed by atoms with E-state index >= 15 is 0 Å². The monoisotopic (exact) mass is 406 g/mol. The van der Waals surface area contributed by atoms with Crippen molar-refractivity contribution in [3.8, 4) is 0 Å². The number of anilines is 1. The molecule has 0 bridgehead atoms. The summed E-state index contributed by atoms with van der Waals surface area (Å²) in [7, 11) is 0. The first-order chi connectivity index (χ1) is 13.1. The van der Waals surface area contributed by atoms with Crippen molar-refractivity contribution in [3.05, 3.63) is 69.9 Å². The molecule has 7 nitrogen and oxygen atoms in total. The zero-order chi connectivity index (χ0) is 19.2. The minimum Gasteiger partial charge on any atom is -0.406 e. The minimum absolute atomic E-state index is 0.120. The Kier molecular flexibility index (Phi) is 6.20. The van der Waals surface area contributed by atoms with Gasteiger partial charge < -0.3 is 4.84 Å². The second-order valence-corrected chi connectivity index (χ2v) is 7.67. The lowest BCUT2D eigenvalue weighted by Gasteiger charge is -2.10. The highest BCUT2D eigenvalue weighted by atomic mass is 32.2. The van der Waals surface area contributed by atoms with Crippen molar-refractivity contribution < 1.29 is 14.0 Å². The molecule has 0 atom stereocenters. The number of nitrogens with one attached hydrogen (secondary N) is 1. The number of benzene rings is 1. The van der Waals surface area contributed by atoms with Gasteiger partial charge in [-0.1, -0.05) is 48.2 Å². The highest BCUT2D eigenvalue weighted by Gasteiger charge is 2.15. The van der Waals surface area contributed by atoms with Gasteiger partial charge in [0.2, 0.25) is 5.13 Å². The van der Waals surface area contributed by atoms with Gasteiger partial charge in [-0.3, -0.25) is 14.9 Å². The van der Waals surface area contributed by atoms with Crippen LogP contribution in [-0.4, -0.2) is 26.6 Å². The number of nitrogens with zero attached hydrogens (tertiary/aromatic N) is 3. The lowest BCUT2D eigenvalue weighted by molar-refractivity contribution is 0.0847. The van der Waals surface area contributed by atoms with Crippen molar-refractivity contribution in [2.75, 3.05) is 11.1 Å². The van der Waals surface area contributed by atoms with Crippen LogP contribution < -0.4 is 15.7 Å². The first kappa shape index (κ1) is 19.1. The molecule has 140 valence electrons. The van der Waals surface area contributed by atoms with Gasteiger partial charge in [0.05, 0.1) is 0 Å². The van der Waals surface area contributed by atoms with Crippen LogP contribution in [0.3, 0.4) is 0 Å². The summed E-state index contributed by atoms with van der Waals surface area (Å²) in [5.41, 5.74) is -0.473. The third-order valence-electron chi connectivity index (χ3n) is 3.37. The van der Waals surface area contributed by atoms with Gasteiger partial charge in [0.1, 0.15) is 18.0 Å². The largest absolute Gasteiger partial charge is 0.406 e. The zero-order valence-electron chi connectivity index (χ0n) is 14.2. The molecule has 0 radical (unpaired) electrons. The molecule has 0 saturated heterocycles. The van der Waals surface area contributed by atoms with Crippen molar-refractivity contribution in [1.82, 2.24) is 14.9 Å². The normalized spacial score (nSPS) is 10.6. The Bertz CT molecular complexity index is 1010. The van der Waals surface area contributed by atoms with Crippen LogP contribution in [0.5, 0.6) is 0 Å². The van der Waals surface area contributed by atoms with Gasteiger partial charge >= 0.3 is 0 Å². The van der Waals surface area contributed by atoms with Gasteiger partial charge in [-0.2, -0.15) is 4.73 Å². The summed E-state index contributed by atoms with van der Waals surface area (Å²) >= 11 is 2.73. The van der Waals surface area contributed by atoms with Crippen LogP contribution >= 0.6 is 23.1 Å². The quantitative estimate of drug-likeness (QED) is 0.480. The Morgan fingerprint density at radius 2 is 2.11 bits per heavy atom. The third kappa shape index (κ3) is 4.72. The van der Waals surface area contributed by atoms with Crippen molar-refractivity contribution in [3.63, 3.8) is 0 Å². The maximum Gasteiger partial charge on any atom is 0.295 e. The maximum absolute atomic E-state index is 13.7. The Morgan fingerprint density at radius 1 is 1.30 bits per heavy atom. The van der Waals surface area contributed by atoms with Crippen LogP contribution in [0.15, 0.2) is 51.7 Å². The van der Waals surface area contributed by atoms with E-state index < -0.39 is 17.3 Å². The van der Waals surface area contributed by atoms with Crippen molar-refractivity contribution in [2.45, 2.75) is 17.9 Å². The first-order valence-electron chi connectivity index (χ1n) is 7.94. The molecule has 1 aromatic carbocycles. The Balaban J connectivity index is 1.72. The lowest BCUT2D eigenvalue weighted by Crippen LogP contribution is -2.32. The molecule has 10 heteroatoms. The van der Waals surface area contributed by atoms with Crippen LogP contribution in [0.2, 0.25) is 0 Å². The molecule has 0 aliphatic carbocycles. The van der Waals surface area contributed by atoms with E-state index in [2.05, 4.69) is 15.5 Å². The van der Waals surface area contributed by atoms with Crippen LogP contribution in [0, 0.1) is 5.82 Å². The highest BCUT2D eigenvalue weighted by molar-refractivity contribution is 8.01. The molecule has 2 heterocycles. The molecule has 0 fully saturated rings. The molecule has 1 N–H and O–H groups in total. The molecular formula is C17H15FN4O3S2. The summed E-state index contributed by atoms with van der Waals surface area (Å²) in [6.45, 7) is 1.84. The number of pyridine rings is 1. The molecule has 27 heavy (non-hydrogen) atoms. The number of thioether (sulfide) groups is 1. The molecule has 2 aromatic heterocycles.